The van der Waals surface area contributed by atoms with Gasteiger partial charge in [0.25, 0.3) is 0 Å². The van der Waals surface area contributed by atoms with Crippen LogP contribution in [0.4, 0.5) is 5.69 Å². The highest BCUT2D eigenvalue weighted by Crippen LogP contribution is 2.19. The number of ether oxygens (including phenoxy) is 1. The fourth-order valence-corrected chi connectivity index (χ4v) is 1.77. The first kappa shape index (κ1) is 12.2. The number of carbonyl (C=O) groups is 1. The van der Waals surface area contributed by atoms with Crippen molar-refractivity contribution < 1.29 is 9.53 Å². The normalized spacial score (nSPS) is 11.3. The van der Waals surface area contributed by atoms with Crippen LogP contribution in [0.3, 0.4) is 0 Å². The van der Waals surface area contributed by atoms with E-state index in [1.807, 2.05) is 37.3 Å². The zero-order valence-electron chi connectivity index (χ0n) is 10.4. The van der Waals surface area contributed by atoms with Gasteiger partial charge in [-0.2, -0.15) is 0 Å². The Labute approximate surface area is 106 Å². The van der Waals surface area contributed by atoms with Crippen LogP contribution in [-0.4, -0.2) is 13.1 Å². The zero-order valence-corrected chi connectivity index (χ0v) is 10.4. The number of fused-ring (bicyclic) bond motifs is 1. The molecular formula is C15H15NO2. The molecule has 2 rings (SSSR count). The molecule has 2 aromatic rings. The second-order valence-corrected chi connectivity index (χ2v) is 4.04. The van der Waals surface area contributed by atoms with Gasteiger partial charge in [-0.3, -0.25) is 0 Å². The van der Waals surface area contributed by atoms with Gasteiger partial charge in [0, 0.05) is 17.5 Å². The summed E-state index contributed by atoms with van der Waals surface area (Å²) < 4.78 is 4.57. The van der Waals surface area contributed by atoms with Crippen molar-refractivity contribution in [2.24, 2.45) is 0 Å². The van der Waals surface area contributed by atoms with E-state index in [1.54, 1.807) is 0 Å². The van der Waals surface area contributed by atoms with Crippen molar-refractivity contribution in [3.63, 3.8) is 0 Å². The van der Waals surface area contributed by atoms with Gasteiger partial charge in [-0.05, 0) is 29.8 Å². The van der Waals surface area contributed by atoms with Gasteiger partial charge < -0.3 is 10.1 Å². The summed E-state index contributed by atoms with van der Waals surface area (Å²) in [4.78, 5) is 11.1. The molecule has 0 bridgehead atoms. The summed E-state index contributed by atoms with van der Waals surface area (Å²) >= 11 is 0. The lowest BCUT2D eigenvalue weighted by Gasteiger charge is -2.07. The molecule has 0 aliphatic heterocycles. The molecule has 0 heterocycles. The van der Waals surface area contributed by atoms with E-state index in [9.17, 15) is 4.79 Å². The summed E-state index contributed by atoms with van der Waals surface area (Å²) in [6.07, 6.45) is 1.43. The molecule has 0 saturated heterocycles. The quantitative estimate of drug-likeness (QED) is 0.661. The van der Waals surface area contributed by atoms with Crippen molar-refractivity contribution in [3.8, 4) is 0 Å². The minimum atomic E-state index is -0.360. The maximum absolute atomic E-state index is 11.1. The van der Waals surface area contributed by atoms with Crippen molar-refractivity contribution in [1.29, 1.82) is 0 Å². The van der Waals surface area contributed by atoms with Crippen LogP contribution in [-0.2, 0) is 9.53 Å². The van der Waals surface area contributed by atoms with Gasteiger partial charge >= 0.3 is 5.97 Å². The van der Waals surface area contributed by atoms with Gasteiger partial charge in [0.15, 0.2) is 0 Å². The van der Waals surface area contributed by atoms with Crippen molar-refractivity contribution in [2.45, 2.75) is 6.92 Å². The number of anilines is 1. The van der Waals surface area contributed by atoms with Gasteiger partial charge in [-0.15, -0.1) is 0 Å². The largest absolute Gasteiger partial charge is 0.466 e. The number of hydrogen-bond donors (Lipinski definition) is 1. The molecule has 3 heteroatoms. The fraction of sp³-hybridized carbons (Fsp3) is 0.133. The lowest BCUT2D eigenvalue weighted by Crippen LogP contribution is -2.01. The molecule has 1 N–H and O–H groups in total. The topological polar surface area (TPSA) is 38.3 Å². The second kappa shape index (κ2) is 5.36. The number of carbonyl (C=O) groups excluding carboxylic acids is 1. The third-order valence-electron chi connectivity index (χ3n) is 2.63. The SMILES string of the molecule is COC(=O)/C=C(\C)Nc1ccc2ccccc2c1. The first-order valence-electron chi connectivity index (χ1n) is 5.71. The average Bonchev–Trinajstić information content (AvgIpc) is 2.38. The molecule has 18 heavy (non-hydrogen) atoms. The Morgan fingerprint density at radius 2 is 1.89 bits per heavy atom. The molecule has 0 saturated carbocycles. The molecule has 0 aromatic heterocycles. The second-order valence-electron chi connectivity index (χ2n) is 4.04. The van der Waals surface area contributed by atoms with Crippen LogP contribution in [0.1, 0.15) is 6.92 Å². The Morgan fingerprint density at radius 3 is 2.61 bits per heavy atom. The summed E-state index contributed by atoms with van der Waals surface area (Å²) in [5.74, 6) is -0.360. The van der Waals surface area contributed by atoms with Crippen molar-refractivity contribution >= 4 is 22.4 Å². The number of methoxy groups -OCH3 is 1. The summed E-state index contributed by atoms with van der Waals surface area (Å²) in [5, 5.41) is 5.51. The number of nitrogens with one attached hydrogen (secondary N) is 1. The summed E-state index contributed by atoms with van der Waals surface area (Å²) in [7, 11) is 1.36. The van der Waals surface area contributed by atoms with E-state index in [2.05, 4.69) is 22.2 Å². The minimum absolute atomic E-state index is 0.360. The first-order valence-corrected chi connectivity index (χ1v) is 5.71. The number of rotatable bonds is 3. The smallest absolute Gasteiger partial charge is 0.332 e. The van der Waals surface area contributed by atoms with Gasteiger partial charge in [-0.25, -0.2) is 4.79 Å². The highest BCUT2D eigenvalue weighted by Gasteiger charge is 1.99. The van der Waals surface area contributed by atoms with Crippen LogP contribution in [0.25, 0.3) is 10.8 Å². The highest BCUT2D eigenvalue weighted by atomic mass is 16.5. The molecule has 0 unspecified atom stereocenters. The molecule has 2 aromatic carbocycles. The first-order chi connectivity index (χ1) is 8.69. The Morgan fingerprint density at radius 1 is 1.17 bits per heavy atom. The molecule has 3 nitrogen and oxygen atoms in total. The van der Waals surface area contributed by atoms with Crippen LogP contribution < -0.4 is 5.32 Å². The third kappa shape index (κ3) is 2.88. The summed E-state index contributed by atoms with van der Waals surface area (Å²) in [5.41, 5.74) is 1.70. The predicted octanol–water partition coefficient (Wildman–Crippen LogP) is 3.33. The van der Waals surface area contributed by atoms with Crippen molar-refractivity contribution in [3.05, 3.63) is 54.2 Å². The molecule has 0 spiro atoms. The third-order valence-corrected chi connectivity index (χ3v) is 2.63. The molecular weight excluding hydrogens is 226 g/mol. The molecule has 0 radical (unpaired) electrons. The molecule has 0 atom stereocenters. The number of benzene rings is 2. The minimum Gasteiger partial charge on any atom is -0.466 e. The fourth-order valence-electron chi connectivity index (χ4n) is 1.77. The maximum atomic E-state index is 11.1. The molecule has 0 aliphatic carbocycles. The molecule has 0 aliphatic rings. The molecule has 92 valence electrons. The number of hydrogen-bond acceptors (Lipinski definition) is 3. The van der Waals surface area contributed by atoms with Crippen LogP contribution in [0, 0.1) is 0 Å². The lowest BCUT2D eigenvalue weighted by atomic mass is 10.1. The average molecular weight is 241 g/mol. The van der Waals surface area contributed by atoms with E-state index in [1.165, 1.54) is 18.6 Å². The Hall–Kier alpha value is -2.29. The van der Waals surface area contributed by atoms with Gasteiger partial charge in [-0.1, -0.05) is 30.3 Å². The van der Waals surface area contributed by atoms with Crippen LogP contribution >= 0.6 is 0 Å². The van der Waals surface area contributed by atoms with Gasteiger partial charge in [0.05, 0.1) is 7.11 Å². The van der Waals surface area contributed by atoms with Crippen LogP contribution in [0.15, 0.2) is 54.2 Å². The van der Waals surface area contributed by atoms with Crippen molar-refractivity contribution in [2.75, 3.05) is 12.4 Å². The van der Waals surface area contributed by atoms with E-state index in [0.29, 0.717) is 0 Å². The van der Waals surface area contributed by atoms with E-state index < -0.39 is 0 Å². The summed E-state index contributed by atoms with van der Waals surface area (Å²) in [6.45, 7) is 1.83. The molecule has 0 amide bonds. The molecule has 0 fully saturated rings. The van der Waals surface area contributed by atoms with E-state index in [0.717, 1.165) is 16.8 Å². The monoisotopic (exact) mass is 241 g/mol. The Balaban J connectivity index is 2.22. The highest BCUT2D eigenvalue weighted by molar-refractivity contribution is 5.86. The predicted molar refractivity (Wildman–Crippen MR) is 73.3 cm³/mol. The van der Waals surface area contributed by atoms with Crippen LogP contribution in [0.2, 0.25) is 0 Å². The number of allylic oxidation sites excluding steroid dienone is 1. The Kier molecular flexibility index (Phi) is 3.63. The summed E-state index contributed by atoms with van der Waals surface area (Å²) in [6, 6.07) is 14.2. The van der Waals surface area contributed by atoms with E-state index in [-0.39, 0.29) is 5.97 Å². The van der Waals surface area contributed by atoms with Crippen LogP contribution in [0.5, 0.6) is 0 Å². The van der Waals surface area contributed by atoms with Crippen molar-refractivity contribution in [1.82, 2.24) is 0 Å². The Bertz CT molecular complexity index is 602. The van der Waals surface area contributed by atoms with Gasteiger partial charge in [0.2, 0.25) is 0 Å². The lowest BCUT2D eigenvalue weighted by molar-refractivity contribution is -0.134. The maximum Gasteiger partial charge on any atom is 0.332 e. The zero-order chi connectivity index (χ0) is 13.0. The number of esters is 1. The van der Waals surface area contributed by atoms with E-state index >= 15 is 0 Å². The standard InChI is InChI=1S/C15H15NO2/c1-11(9-15(17)18-2)16-14-8-7-12-5-3-4-6-13(12)10-14/h3-10,16H,1-2H3/b11-9+. The van der Waals surface area contributed by atoms with Gasteiger partial charge in [0.1, 0.15) is 0 Å². The van der Waals surface area contributed by atoms with E-state index in [4.69, 9.17) is 0 Å².